The van der Waals surface area contributed by atoms with Crippen LogP contribution in [0, 0.1) is 0 Å². The van der Waals surface area contributed by atoms with Crippen molar-refractivity contribution < 1.29 is 4.74 Å². The summed E-state index contributed by atoms with van der Waals surface area (Å²) in [5, 5.41) is 0. The van der Waals surface area contributed by atoms with Gasteiger partial charge in [-0.2, -0.15) is 0 Å². The van der Waals surface area contributed by atoms with Crippen molar-refractivity contribution >= 4 is 6.08 Å². The molecule has 0 fully saturated rings. The maximum Gasteiger partial charge on any atom is 0.100 e. The highest BCUT2D eigenvalue weighted by molar-refractivity contribution is 5.50. The summed E-state index contributed by atoms with van der Waals surface area (Å²) in [6.45, 7) is 3.67. The molecule has 1 rings (SSSR count). The Kier molecular flexibility index (Phi) is 4.91. The third kappa shape index (κ3) is 5.23. The van der Waals surface area contributed by atoms with Crippen molar-refractivity contribution in [2.45, 2.75) is 6.92 Å². The van der Waals surface area contributed by atoms with Gasteiger partial charge in [-0.15, -0.1) is 0 Å². The molecule has 2 heteroatoms. The van der Waals surface area contributed by atoms with E-state index in [0.717, 1.165) is 18.9 Å². The lowest BCUT2D eigenvalue weighted by Gasteiger charge is -2.11. The van der Waals surface area contributed by atoms with Crippen LogP contribution < -0.4 is 0 Å². The minimum Gasteiger partial charge on any atom is -0.497 e. The third-order valence-corrected chi connectivity index (χ3v) is 2.04. The van der Waals surface area contributed by atoms with Crippen LogP contribution in [0.25, 0.3) is 6.08 Å². The van der Waals surface area contributed by atoms with Crippen molar-refractivity contribution in [2.75, 3.05) is 27.2 Å². The van der Waals surface area contributed by atoms with E-state index in [1.165, 1.54) is 5.56 Å². The zero-order chi connectivity index (χ0) is 11.1. The molecular formula is C13H19NO. The predicted octanol–water partition coefficient (Wildman–Crippen LogP) is 2.63. The number of rotatable bonds is 5. The number of allylic oxidation sites excluding steroid dienone is 1. The van der Waals surface area contributed by atoms with Gasteiger partial charge in [0.05, 0.1) is 5.76 Å². The summed E-state index contributed by atoms with van der Waals surface area (Å²) in [5.74, 6) is 0.961. The van der Waals surface area contributed by atoms with Gasteiger partial charge in [-0.3, -0.25) is 0 Å². The molecule has 0 N–H and O–H groups in total. The summed E-state index contributed by atoms with van der Waals surface area (Å²) in [6.07, 6.45) is 2.05. The van der Waals surface area contributed by atoms with Gasteiger partial charge in [0.15, 0.2) is 0 Å². The quantitative estimate of drug-likeness (QED) is 0.685. The SMILES string of the molecule is C/C(=C/c1ccccc1)OCCN(C)C. The molecule has 0 aliphatic rings. The van der Waals surface area contributed by atoms with Crippen LogP contribution in [0.5, 0.6) is 0 Å². The molecule has 0 unspecified atom stereocenters. The first kappa shape index (κ1) is 11.8. The van der Waals surface area contributed by atoms with Gasteiger partial charge in [0.25, 0.3) is 0 Å². The summed E-state index contributed by atoms with van der Waals surface area (Å²) in [5.41, 5.74) is 1.18. The average Bonchev–Trinajstić information content (AvgIpc) is 2.18. The third-order valence-electron chi connectivity index (χ3n) is 2.04. The van der Waals surface area contributed by atoms with Gasteiger partial charge in [0.2, 0.25) is 0 Å². The van der Waals surface area contributed by atoms with E-state index in [0.29, 0.717) is 0 Å². The standard InChI is InChI=1S/C13H19NO/c1-12(15-10-9-14(2)3)11-13-7-5-4-6-8-13/h4-8,11H,9-10H2,1-3H3/b12-11-. The van der Waals surface area contributed by atoms with Crippen molar-refractivity contribution in [2.24, 2.45) is 0 Å². The van der Waals surface area contributed by atoms with Crippen LogP contribution in [0.3, 0.4) is 0 Å². The molecule has 0 heterocycles. The zero-order valence-electron chi connectivity index (χ0n) is 9.73. The lowest BCUT2D eigenvalue weighted by molar-refractivity contribution is 0.187. The molecule has 0 saturated heterocycles. The fraction of sp³-hybridized carbons (Fsp3) is 0.385. The maximum atomic E-state index is 5.58. The lowest BCUT2D eigenvalue weighted by atomic mass is 10.2. The second kappa shape index (κ2) is 6.25. The molecule has 1 aromatic carbocycles. The summed E-state index contributed by atoms with van der Waals surface area (Å²) in [4.78, 5) is 2.11. The maximum absolute atomic E-state index is 5.58. The first-order chi connectivity index (χ1) is 7.18. The minimum absolute atomic E-state index is 0.738. The number of hydrogen-bond donors (Lipinski definition) is 0. The summed E-state index contributed by atoms with van der Waals surface area (Å²) >= 11 is 0. The Morgan fingerprint density at radius 3 is 2.53 bits per heavy atom. The number of ether oxygens (including phenoxy) is 1. The van der Waals surface area contributed by atoms with E-state index in [4.69, 9.17) is 4.74 Å². The van der Waals surface area contributed by atoms with Gasteiger partial charge >= 0.3 is 0 Å². The van der Waals surface area contributed by atoms with Crippen molar-refractivity contribution in [1.82, 2.24) is 4.90 Å². The molecule has 0 spiro atoms. The first-order valence-corrected chi connectivity index (χ1v) is 5.19. The smallest absolute Gasteiger partial charge is 0.100 e. The number of nitrogens with zero attached hydrogens (tertiary/aromatic N) is 1. The van der Waals surface area contributed by atoms with Crippen LogP contribution in [-0.4, -0.2) is 32.1 Å². The highest BCUT2D eigenvalue weighted by atomic mass is 16.5. The van der Waals surface area contributed by atoms with E-state index in [2.05, 4.69) is 23.1 Å². The molecule has 2 nitrogen and oxygen atoms in total. The Bertz CT molecular complexity index is 304. The second-order valence-electron chi connectivity index (χ2n) is 3.82. The topological polar surface area (TPSA) is 12.5 Å². The monoisotopic (exact) mass is 205 g/mol. The van der Waals surface area contributed by atoms with Crippen LogP contribution in [-0.2, 0) is 4.74 Å². The van der Waals surface area contributed by atoms with Crippen molar-refractivity contribution in [3.05, 3.63) is 41.7 Å². The van der Waals surface area contributed by atoms with Gasteiger partial charge in [-0.1, -0.05) is 30.3 Å². The predicted molar refractivity (Wildman–Crippen MR) is 64.6 cm³/mol. The van der Waals surface area contributed by atoms with E-state index in [-0.39, 0.29) is 0 Å². The molecule has 15 heavy (non-hydrogen) atoms. The van der Waals surface area contributed by atoms with Crippen molar-refractivity contribution in [3.63, 3.8) is 0 Å². The molecule has 1 aromatic rings. The van der Waals surface area contributed by atoms with Crippen LogP contribution in [0.15, 0.2) is 36.1 Å². The Balaban J connectivity index is 2.40. The van der Waals surface area contributed by atoms with Gasteiger partial charge < -0.3 is 9.64 Å². The molecule has 0 aliphatic carbocycles. The zero-order valence-corrected chi connectivity index (χ0v) is 9.73. The minimum atomic E-state index is 0.738. The summed E-state index contributed by atoms with van der Waals surface area (Å²) in [6, 6.07) is 10.2. The van der Waals surface area contributed by atoms with E-state index >= 15 is 0 Å². The molecule has 0 bridgehead atoms. The van der Waals surface area contributed by atoms with Gasteiger partial charge in [0, 0.05) is 6.54 Å². The Labute approximate surface area is 92.2 Å². The van der Waals surface area contributed by atoms with Gasteiger partial charge in [0.1, 0.15) is 6.61 Å². The van der Waals surface area contributed by atoms with E-state index in [9.17, 15) is 0 Å². The average molecular weight is 205 g/mol. The molecule has 0 aromatic heterocycles. The van der Waals surface area contributed by atoms with Crippen LogP contribution in [0.1, 0.15) is 12.5 Å². The Morgan fingerprint density at radius 1 is 1.27 bits per heavy atom. The second-order valence-corrected chi connectivity index (χ2v) is 3.82. The first-order valence-electron chi connectivity index (χ1n) is 5.19. The Hall–Kier alpha value is -1.28. The summed E-state index contributed by atoms with van der Waals surface area (Å²) < 4.78 is 5.58. The van der Waals surface area contributed by atoms with Crippen LogP contribution in [0.2, 0.25) is 0 Å². The van der Waals surface area contributed by atoms with Crippen LogP contribution in [0.4, 0.5) is 0 Å². The normalized spacial score (nSPS) is 11.9. The molecule has 0 aliphatic heterocycles. The molecular weight excluding hydrogens is 186 g/mol. The molecule has 0 saturated carbocycles. The fourth-order valence-electron chi connectivity index (χ4n) is 1.21. The highest BCUT2D eigenvalue weighted by Crippen LogP contribution is 2.06. The fourth-order valence-corrected chi connectivity index (χ4v) is 1.21. The van der Waals surface area contributed by atoms with E-state index < -0.39 is 0 Å². The van der Waals surface area contributed by atoms with E-state index in [1.807, 2.05) is 39.2 Å². The number of benzene rings is 1. The van der Waals surface area contributed by atoms with E-state index in [1.54, 1.807) is 0 Å². The summed E-state index contributed by atoms with van der Waals surface area (Å²) in [7, 11) is 4.08. The highest BCUT2D eigenvalue weighted by Gasteiger charge is 1.93. The molecule has 0 radical (unpaired) electrons. The molecule has 0 atom stereocenters. The van der Waals surface area contributed by atoms with Gasteiger partial charge in [-0.05, 0) is 32.7 Å². The molecule has 82 valence electrons. The van der Waals surface area contributed by atoms with Gasteiger partial charge in [-0.25, -0.2) is 0 Å². The lowest BCUT2D eigenvalue weighted by Crippen LogP contribution is -2.17. The van der Waals surface area contributed by atoms with Crippen molar-refractivity contribution in [1.29, 1.82) is 0 Å². The largest absolute Gasteiger partial charge is 0.497 e. The Morgan fingerprint density at radius 2 is 1.93 bits per heavy atom. The van der Waals surface area contributed by atoms with Crippen molar-refractivity contribution in [3.8, 4) is 0 Å². The molecule has 0 amide bonds. The van der Waals surface area contributed by atoms with Crippen LogP contribution >= 0.6 is 0 Å². The number of likely N-dealkylation sites (N-methyl/N-ethyl adjacent to an activating group) is 1. The number of hydrogen-bond acceptors (Lipinski definition) is 2.